The van der Waals surface area contributed by atoms with Gasteiger partial charge in [-0.15, -0.1) is 0 Å². The van der Waals surface area contributed by atoms with Crippen molar-refractivity contribution in [3.63, 3.8) is 0 Å². The molecule has 0 aliphatic heterocycles. The van der Waals surface area contributed by atoms with E-state index in [9.17, 15) is 14.7 Å². The standard InChI is InChI=1S/C14H15NO3/c1-3-7-15-9(2)12(8-16)10-5-4-6-11(13(10)15)14(17)18/h4-6,8H,3,7H2,1-2H3,(H,17,18). The normalized spacial score (nSPS) is 10.8. The fourth-order valence-corrected chi connectivity index (χ4v) is 2.38. The molecule has 0 saturated carbocycles. The first kappa shape index (κ1) is 12.4. The molecule has 4 heteroatoms. The van der Waals surface area contributed by atoms with Gasteiger partial charge in [-0.1, -0.05) is 19.1 Å². The molecule has 4 nitrogen and oxygen atoms in total. The average Bonchev–Trinajstić information content (AvgIpc) is 2.62. The second-order valence-corrected chi connectivity index (χ2v) is 4.28. The summed E-state index contributed by atoms with van der Waals surface area (Å²) in [6.45, 7) is 4.58. The van der Waals surface area contributed by atoms with Gasteiger partial charge in [0.25, 0.3) is 0 Å². The maximum Gasteiger partial charge on any atom is 0.337 e. The maximum atomic E-state index is 11.3. The summed E-state index contributed by atoms with van der Waals surface area (Å²) in [5, 5.41) is 9.97. The highest BCUT2D eigenvalue weighted by molar-refractivity contribution is 6.08. The van der Waals surface area contributed by atoms with Crippen LogP contribution in [0.4, 0.5) is 0 Å². The summed E-state index contributed by atoms with van der Waals surface area (Å²) in [4.78, 5) is 22.5. The van der Waals surface area contributed by atoms with Crippen molar-refractivity contribution < 1.29 is 14.7 Å². The third-order valence-electron chi connectivity index (χ3n) is 3.19. The maximum absolute atomic E-state index is 11.3. The van der Waals surface area contributed by atoms with Crippen LogP contribution in [0.25, 0.3) is 10.9 Å². The van der Waals surface area contributed by atoms with E-state index in [1.165, 1.54) is 0 Å². The van der Waals surface area contributed by atoms with Crippen LogP contribution in [0.15, 0.2) is 18.2 Å². The second kappa shape index (κ2) is 4.64. The number of carbonyl (C=O) groups is 2. The highest BCUT2D eigenvalue weighted by Crippen LogP contribution is 2.28. The number of hydrogen-bond acceptors (Lipinski definition) is 2. The first-order valence-corrected chi connectivity index (χ1v) is 5.92. The number of nitrogens with zero attached hydrogens (tertiary/aromatic N) is 1. The molecule has 0 radical (unpaired) electrons. The minimum absolute atomic E-state index is 0.247. The Kier molecular flexibility index (Phi) is 3.19. The van der Waals surface area contributed by atoms with E-state index < -0.39 is 5.97 Å². The molecule has 0 spiro atoms. The summed E-state index contributed by atoms with van der Waals surface area (Å²) < 4.78 is 1.92. The summed E-state index contributed by atoms with van der Waals surface area (Å²) in [7, 11) is 0. The van der Waals surface area contributed by atoms with Gasteiger partial charge in [-0.3, -0.25) is 4.79 Å². The molecule has 2 rings (SSSR count). The molecule has 1 aromatic heterocycles. The van der Waals surface area contributed by atoms with Crippen molar-refractivity contribution >= 4 is 23.2 Å². The molecule has 94 valence electrons. The number of rotatable bonds is 4. The number of aromatic nitrogens is 1. The van der Waals surface area contributed by atoms with Crippen molar-refractivity contribution in [3.05, 3.63) is 35.0 Å². The SMILES string of the molecule is CCCn1c(C)c(C=O)c2cccc(C(=O)O)c21. The summed E-state index contributed by atoms with van der Waals surface area (Å²) in [5.41, 5.74) is 2.31. The lowest BCUT2D eigenvalue weighted by molar-refractivity contribution is 0.0698. The van der Waals surface area contributed by atoms with Gasteiger partial charge in [-0.05, 0) is 19.4 Å². The monoisotopic (exact) mass is 245 g/mol. The number of hydrogen-bond donors (Lipinski definition) is 1. The van der Waals surface area contributed by atoms with Gasteiger partial charge >= 0.3 is 5.97 Å². The first-order chi connectivity index (χ1) is 8.61. The molecule has 0 aliphatic carbocycles. The minimum Gasteiger partial charge on any atom is -0.478 e. The Morgan fingerprint density at radius 1 is 1.44 bits per heavy atom. The van der Waals surface area contributed by atoms with E-state index >= 15 is 0 Å². The zero-order chi connectivity index (χ0) is 13.3. The van der Waals surface area contributed by atoms with Gasteiger partial charge in [0.05, 0.1) is 11.1 Å². The van der Waals surface area contributed by atoms with E-state index in [0.29, 0.717) is 17.6 Å². The Labute approximate surface area is 105 Å². The van der Waals surface area contributed by atoms with Crippen molar-refractivity contribution in [1.82, 2.24) is 4.57 Å². The van der Waals surface area contributed by atoms with Crippen molar-refractivity contribution in [2.75, 3.05) is 0 Å². The number of aldehydes is 1. The topological polar surface area (TPSA) is 59.3 Å². The molecule has 18 heavy (non-hydrogen) atoms. The number of fused-ring (bicyclic) bond motifs is 1. The summed E-state index contributed by atoms with van der Waals surface area (Å²) in [6.07, 6.45) is 1.69. The van der Waals surface area contributed by atoms with Crippen molar-refractivity contribution in [2.24, 2.45) is 0 Å². The Hall–Kier alpha value is -2.10. The zero-order valence-corrected chi connectivity index (χ0v) is 10.4. The van der Waals surface area contributed by atoms with Crippen molar-refractivity contribution in [2.45, 2.75) is 26.8 Å². The second-order valence-electron chi connectivity index (χ2n) is 4.28. The van der Waals surface area contributed by atoms with E-state index in [2.05, 4.69) is 0 Å². The quantitative estimate of drug-likeness (QED) is 0.842. The van der Waals surface area contributed by atoms with E-state index in [0.717, 1.165) is 23.8 Å². The number of carboxylic acids is 1. The van der Waals surface area contributed by atoms with Gasteiger partial charge in [0.15, 0.2) is 6.29 Å². The smallest absolute Gasteiger partial charge is 0.337 e. The lowest BCUT2D eigenvalue weighted by atomic mass is 10.1. The predicted octanol–water partition coefficient (Wildman–Crippen LogP) is 2.87. The van der Waals surface area contributed by atoms with Crippen LogP contribution in [-0.4, -0.2) is 21.9 Å². The van der Waals surface area contributed by atoms with Gasteiger partial charge in [-0.25, -0.2) is 4.79 Å². The van der Waals surface area contributed by atoms with Crippen LogP contribution in [0.3, 0.4) is 0 Å². The van der Waals surface area contributed by atoms with E-state index in [4.69, 9.17) is 0 Å². The number of benzene rings is 1. The summed E-state index contributed by atoms with van der Waals surface area (Å²) in [5.74, 6) is -0.965. The number of carbonyl (C=O) groups excluding carboxylic acids is 1. The van der Waals surface area contributed by atoms with Crippen LogP contribution in [0.1, 0.15) is 39.8 Å². The average molecular weight is 245 g/mol. The fraction of sp³-hybridized carbons (Fsp3) is 0.286. The molecule has 0 unspecified atom stereocenters. The molecule has 1 N–H and O–H groups in total. The molecule has 1 heterocycles. The minimum atomic E-state index is -0.965. The van der Waals surface area contributed by atoms with Gasteiger partial charge in [-0.2, -0.15) is 0 Å². The van der Waals surface area contributed by atoms with Gasteiger partial charge in [0, 0.05) is 23.2 Å². The van der Waals surface area contributed by atoms with E-state index in [1.54, 1.807) is 18.2 Å². The highest BCUT2D eigenvalue weighted by Gasteiger charge is 2.18. The van der Waals surface area contributed by atoms with Crippen LogP contribution in [0, 0.1) is 6.92 Å². The molecule has 0 amide bonds. The molecule has 0 saturated heterocycles. The van der Waals surface area contributed by atoms with Crippen molar-refractivity contribution in [3.8, 4) is 0 Å². The molecule has 2 aromatic rings. The first-order valence-electron chi connectivity index (χ1n) is 5.92. The van der Waals surface area contributed by atoms with Gasteiger partial charge in [0.1, 0.15) is 0 Å². The van der Waals surface area contributed by atoms with E-state index in [-0.39, 0.29) is 5.56 Å². The molecule has 0 fully saturated rings. The van der Waals surface area contributed by atoms with Crippen LogP contribution < -0.4 is 0 Å². The van der Waals surface area contributed by atoms with E-state index in [1.807, 2.05) is 18.4 Å². The lowest BCUT2D eigenvalue weighted by Crippen LogP contribution is -2.04. The van der Waals surface area contributed by atoms with Crippen molar-refractivity contribution in [1.29, 1.82) is 0 Å². The molecular formula is C14H15NO3. The number of carboxylic acid groups (broad SMARTS) is 1. The molecule has 1 aromatic carbocycles. The Bertz CT molecular complexity index is 625. The van der Waals surface area contributed by atoms with Gasteiger partial charge in [0.2, 0.25) is 0 Å². The van der Waals surface area contributed by atoms with Crippen LogP contribution in [-0.2, 0) is 6.54 Å². The molecule has 0 aliphatic rings. The Balaban J connectivity index is 2.91. The molecule has 0 bridgehead atoms. The number of aryl methyl sites for hydroxylation is 1. The predicted molar refractivity (Wildman–Crippen MR) is 69.3 cm³/mol. The number of aromatic carboxylic acids is 1. The summed E-state index contributed by atoms with van der Waals surface area (Å²) in [6, 6.07) is 5.05. The lowest BCUT2D eigenvalue weighted by Gasteiger charge is -2.08. The fourth-order valence-electron chi connectivity index (χ4n) is 2.38. The Morgan fingerprint density at radius 3 is 2.72 bits per heavy atom. The van der Waals surface area contributed by atoms with Crippen LogP contribution >= 0.6 is 0 Å². The third kappa shape index (κ3) is 1.70. The third-order valence-corrected chi connectivity index (χ3v) is 3.19. The summed E-state index contributed by atoms with van der Waals surface area (Å²) >= 11 is 0. The molecular weight excluding hydrogens is 230 g/mol. The van der Waals surface area contributed by atoms with Crippen LogP contribution in [0.5, 0.6) is 0 Å². The van der Waals surface area contributed by atoms with Crippen LogP contribution in [0.2, 0.25) is 0 Å². The largest absolute Gasteiger partial charge is 0.478 e. The zero-order valence-electron chi connectivity index (χ0n) is 10.4. The Morgan fingerprint density at radius 2 is 2.17 bits per heavy atom. The van der Waals surface area contributed by atoms with Gasteiger partial charge < -0.3 is 9.67 Å². The molecule has 0 atom stereocenters. The number of para-hydroxylation sites is 1. The highest BCUT2D eigenvalue weighted by atomic mass is 16.4.